The zero-order chi connectivity index (χ0) is 20.2. The van der Waals surface area contributed by atoms with Crippen LogP contribution in [0.15, 0.2) is 47.6 Å². The van der Waals surface area contributed by atoms with Crippen molar-refractivity contribution in [1.29, 1.82) is 0 Å². The van der Waals surface area contributed by atoms with Crippen LogP contribution in [0, 0.1) is 12.7 Å². The first-order chi connectivity index (χ1) is 12.6. The molecule has 0 fully saturated rings. The Labute approximate surface area is 162 Å². The Kier molecular flexibility index (Phi) is 6.56. The highest BCUT2D eigenvalue weighted by atomic mass is 35.5. The first-order valence-electron chi connectivity index (χ1n) is 7.91. The number of carbonyl (C=O) groups is 1. The molecule has 0 atom stereocenters. The van der Waals surface area contributed by atoms with Crippen LogP contribution in [0.2, 0.25) is 5.02 Å². The molecule has 0 saturated heterocycles. The van der Waals surface area contributed by atoms with Crippen LogP contribution in [0.4, 0.5) is 10.1 Å². The Balaban J connectivity index is 2.15. The number of hydrazone groups is 1. The molecule has 0 unspecified atom stereocenters. The van der Waals surface area contributed by atoms with Crippen molar-refractivity contribution in [3.63, 3.8) is 0 Å². The largest absolute Gasteiger partial charge is 0.271 e. The minimum Gasteiger partial charge on any atom is -0.271 e. The lowest BCUT2D eigenvalue weighted by Crippen LogP contribution is -2.39. The van der Waals surface area contributed by atoms with Crippen molar-refractivity contribution in [3.8, 4) is 0 Å². The zero-order valence-corrected chi connectivity index (χ0v) is 16.6. The normalized spacial score (nSPS) is 12.0. The van der Waals surface area contributed by atoms with E-state index in [2.05, 4.69) is 10.5 Å². The van der Waals surface area contributed by atoms with Gasteiger partial charge in [-0.15, -0.1) is 0 Å². The van der Waals surface area contributed by atoms with Gasteiger partial charge in [0, 0.05) is 5.02 Å². The molecule has 6 nitrogen and oxygen atoms in total. The van der Waals surface area contributed by atoms with E-state index in [1.165, 1.54) is 30.3 Å². The second kappa shape index (κ2) is 8.49. The number of rotatable bonds is 6. The van der Waals surface area contributed by atoms with Crippen molar-refractivity contribution in [1.82, 2.24) is 5.43 Å². The number of anilines is 1. The molecule has 1 amide bonds. The van der Waals surface area contributed by atoms with Gasteiger partial charge in [0.05, 0.1) is 17.7 Å². The van der Waals surface area contributed by atoms with E-state index in [4.69, 9.17) is 11.6 Å². The van der Waals surface area contributed by atoms with E-state index >= 15 is 0 Å². The molecule has 2 aromatic rings. The van der Waals surface area contributed by atoms with E-state index in [9.17, 15) is 17.6 Å². The van der Waals surface area contributed by atoms with Gasteiger partial charge in [-0.05, 0) is 49.2 Å². The fourth-order valence-electron chi connectivity index (χ4n) is 2.20. The third kappa shape index (κ3) is 5.77. The average Bonchev–Trinajstić information content (AvgIpc) is 2.59. The van der Waals surface area contributed by atoms with Crippen LogP contribution >= 0.6 is 11.6 Å². The van der Waals surface area contributed by atoms with Gasteiger partial charge in [-0.3, -0.25) is 9.10 Å². The molecule has 0 aromatic heterocycles. The SMILES string of the molecule is C/C(=N/NC(=O)CN(c1ccc(C)c(Cl)c1)S(C)(=O)=O)c1ccc(F)cc1. The van der Waals surface area contributed by atoms with Crippen LogP contribution in [-0.4, -0.2) is 32.8 Å². The summed E-state index contributed by atoms with van der Waals surface area (Å²) >= 11 is 6.06. The Morgan fingerprint density at radius 3 is 2.41 bits per heavy atom. The summed E-state index contributed by atoms with van der Waals surface area (Å²) in [5.74, 6) is -1.00. The fourth-order valence-corrected chi connectivity index (χ4v) is 3.23. The molecule has 27 heavy (non-hydrogen) atoms. The molecule has 0 bridgehead atoms. The van der Waals surface area contributed by atoms with Crippen molar-refractivity contribution in [3.05, 3.63) is 64.4 Å². The van der Waals surface area contributed by atoms with Crippen molar-refractivity contribution in [2.45, 2.75) is 13.8 Å². The summed E-state index contributed by atoms with van der Waals surface area (Å²) in [5.41, 5.74) is 4.46. The number of carbonyl (C=O) groups excluding carboxylic acids is 1. The average molecular weight is 412 g/mol. The summed E-state index contributed by atoms with van der Waals surface area (Å²) in [6.07, 6.45) is 1.00. The summed E-state index contributed by atoms with van der Waals surface area (Å²) in [7, 11) is -3.71. The third-order valence-electron chi connectivity index (χ3n) is 3.74. The molecule has 1 N–H and O–H groups in total. The van der Waals surface area contributed by atoms with Crippen molar-refractivity contribution in [2.75, 3.05) is 17.1 Å². The minimum atomic E-state index is -3.71. The molecule has 0 aliphatic rings. The van der Waals surface area contributed by atoms with Crippen molar-refractivity contribution < 1.29 is 17.6 Å². The van der Waals surface area contributed by atoms with Crippen molar-refractivity contribution in [2.24, 2.45) is 5.10 Å². The van der Waals surface area contributed by atoms with E-state index in [0.717, 1.165) is 16.1 Å². The predicted octanol–water partition coefficient (Wildman–Crippen LogP) is 3.09. The maximum atomic E-state index is 13.0. The molecular weight excluding hydrogens is 393 g/mol. The fraction of sp³-hybridized carbons (Fsp3) is 0.222. The number of nitrogens with one attached hydrogen (secondary N) is 1. The summed E-state index contributed by atoms with van der Waals surface area (Å²) < 4.78 is 38.1. The quantitative estimate of drug-likeness (QED) is 0.586. The Hall–Kier alpha value is -2.45. The van der Waals surface area contributed by atoms with Crippen LogP contribution in [0.3, 0.4) is 0 Å². The second-order valence-electron chi connectivity index (χ2n) is 5.94. The van der Waals surface area contributed by atoms with Gasteiger partial charge < -0.3 is 0 Å². The molecule has 0 aliphatic carbocycles. The predicted molar refractivity (Wildman–Crippen MR) is 105 cm³/mol. The second-order valence-corrected chi connectivity index (χ2v) is 8.26. The maximum absolute atomic E-state index is 13.0. The number of halogens is 2. The number of hydrogen-bond acceptors (Lipinski definition) is 4. The molecule has 0 heterocycles. The van der Waals surface area contributed by atoms with Gasteiger partial charge in [-0.2, -0.15) is 5.10 Å². The number of aryl methyl sites for hydroxylation is 1. The van der Waals surface area contributed by atoms with Crippen LogP contribution in [0.25, 0.3) is 0 Å². The minimum absolute atomic E-state index is 0.280. The summed E-state index contributed by atoms with van der Waals surface area (Å²) in [5, 5.41) is 4.33. The van der Waals surface area contributed by atoms with Crippen LogP contribution < -0.4 is 9.73 Å². The van der Waals surface area contributed by atoms with Gasteiger partial charge in [-0.25, -0.2) is 18.2 Å². The molecule has 9 heteroatoms. The summed E-state index contributed by atoms with van der Waals surface area (Å²) in [6, 6.07) is 10.3. The Morgan fingerprint density at radius 2 is 1.85 bits per heavy atom. The summed E-state index contributed by atoms with van der Waals surface area (Å²) in [6.45, 7) is 2.97. The molecule has 0 spiro atoms. The lowest BCUT2D eigenvalue weighted by molar-refractivity contribution is -0.119. The van der Waals surface area contributed by atoms with Gasteiger partial charge >= 0.3 is 0 Å². The van der Waals surface area contributed by atoms with Gasteiger partial charge in [0.15, 0.2) is 0 Å². The molecule has 0 saturated carbocycles. The van der Waals surface area contributed by atoms with Crippen LogP contribution in [0.1, 0.15) is 18.1 Å². The maximum Gasteiger partial charge on any atom is 0.260 e. The first kappa shape index (κ1) is 20.9. The highest BCUT2D eigenvalue weighted by Crippen LogP contribution is 2.24. The standard InChI is InChI=1S/C18H19ClFN3O3S/c1-12-4-9-16(10-17(12)19)23(27(3,25)26)11-18(24)22-21-13(2)14-5-7-15(20)8-6-14/h4-10H,11H2,1-3H3,(H,22,24)/b21-13-. The first-order valence-corrected chi connectivity index (χ1v) is 10.1. The van der Waals surface area contributed by atoms with Crippen molar-refractivity contribution >= 4 is 38.9 Å². The highest BCUT2D eigenvalue weighted by molar-refractivity contribution is 7.92. The Morgan fingerprint density at radius 1 is 1.22 bits per heavy atom. The van der Waals surface area contributed by atoms with Crippen LogP contribution in [-0.2, 0) is 14.8 Å². The summed E-state index contributed by atoms with van der Waals surface area (Å²) in [4.78, 5) is 12.2. The number of hydrogen-bond donors (Lipinski definition) is 1. The Bertz CT molecular complexity index is 976. The third-order valence-corrected chi connectivity index (χ3v) is 5.29. The van der Waals surface area contributed by atoms with Gasteiger partial charge in [0.25, 0.3) is 5.91 Å². The highest BCUT2D eigenvalue weighted by Gasteiger charge is 2.21. The number of benzene rings is 2. The lowest BCUT2D eigenvalue weighted by atomic mass is 10.1. The molecule has 0 radical (unpaired) electrons. The smallest absolute Gasteiger partial charge is 0.260 e. The molecule has 2 rings (SSSR count). The molecule has 0 aliphatic heterocycles. The van der Waals surface area contributed by atoms with Gasteiger partial charge in [0.2, 0.25) is 10.0 Å². The number of sulfonamides is 1. The van der Waals surface area contributed by atoms with E-state index < -0.39 is 22.5 Å². The van der Waals surface area contributed by atoms with E-state index in [-0.39, 0.29) is 11.5 Å². The van der Waals surface area contributed by atoms with Gasteiger partial charge in [-0.1, -0.05) is 29.8 Å². The monoisotopic (exact) mass is 411 g/mol. The van der Waals surface area contributed by atoms with E-state index in [1.807, 2.05) is 0 Å². The lowest BCUT2D eigenvalue weighted by Gasteiger charge is -2.22. The van der Waals surface area contributed by atoms with Gasteiger partial charge in [0.1, 0.15) is 12.4 Å². The van der Waals surface area contributed by atoms with E-state index in [1.54, 1.807) is 26.0 Å². The van der Waals surface area contributed by atoms with E-state index in [0.29, 0.717) is 16.3 Å². The molecular formula is C18H19ClFN3O3S. The topological polar surface area (TPSA) is 78.8 Å². The van der Waals surface area contributed by atoms with Crippen LogP contribution in [0.5, 0.6) is 0 Å². The zero-order valence-electron chi connectivity index (χ0n) is 15.0. The number of amides is 1. The number of nitrogens with zero attached hydrogens (tertiary/aromatic N) is 2. The molecule has 2 aromatic carbocycles. The molecule has 144 valence electrons.